The molecule has 0 N–H and O–H groups in total. The van der Waals surface area contributed by atoms with Crippen LogP contribution in [0.1, 0.15) is 43.6 Å². The number of carbonyl (C=O) groups is 2. The van der Waals surface area contributed by atoms with Crippen LogP contribution in [0.2, 0.25) is 0 Å². The molecular weight excluding hydrogens is 396 g/mol. The number of ether oxygens (including phenoxy) is 2. The maximum Gasteiger partial charge on any atom is 0.337 e. The highest BCUT2D eigenvalue weighted by Gasteiger charge is 2.33. The number of anilines is 1. The summed E-state index contributed by atoms with van der Waals surface area (Å²) in [7, 11) is -2.53. The second-order valence-corrected chi connectivity index (χ2v) is 10.0. The summed E-state index contributed by atoms with van der Waals surface area (Å²) in [4.78, 5) is 24.7. The van der Waals surface area contributed by atoms with Crippen molar-refractivity contribution in [1.82, 2.24) is 4.57 Å². The quantitative estimate of drug-likeness (QED) is 0.703. The smallest absolute Gasteiger partial charge is 0.337 e. The maximum absolute atomic E-state index is 13.0. The van der Waals surface area contributed by atoms with E-state index in [0.29, 0.717) is 11.9 Å². The van der Waals surface area contributed by atoms with Gasteiger partial charge in [-0.1, -0.05) is 6.92 Å². The molecule has 0 aliphatic carbocycles. The van der Waals surface area contributed by atoms with Gasteiger partial charge in [0.2, 0.25) is 10.0 Å². The zero-order valence-electron chi connectivity index (χ0n) is 17.3. The molecule has 0 unspecified atom stereocenters. The molecule has 29 heavy (non-hydrogen) atoms. The first-order valence-corrected chi connectivity index (χ1v) is 11.0. The molecule has 0 fully saturated rings. The summed E-state index contributed by atoms with van der Waals surface area (Å²) < 4.78 is 39.1. The molecule has 9 heteroatoms. The number of rotatable bonds is 4. The van der Waals surface area contributed by atoms with Crippen LogP contribution < -0.4 is 4.31 Å². The fraction of sp³-hybridized carbons (Fsp3) is 0.500. The van der Waals surface area contributed by atoms with E-state index < -0.39 is 34.1 Å². The molecule has 1 aromatic carbocycles. The van der Waals surface area contributed by atoms with Crippen molar-refractivity contribution in [2.24, 2.45) is 0 Å². The standard InChI is InChI=1S/C20H26N2O6S/c1-6-13-11-21-7-8-29(25,26)22(12-17(23)28-20(2,3)4)16-10-14(19(24)27-5)9-15(13)18(16)21/h9-11H,6-8,12H2,1-5H3. The Balaban J connectivity index is 2.23. The van der Waals surface area contributed by atoms with Crippen LogP contribution in [0.25, 0.3) is 10.9 Å². The molecule has 0 spiro atoms. The van der Waals surface area contributed by atoms with Gasteiger partial charge in [0.1, 0.15) is 12.1 Å². The average Bonchev–Trinajstić information content (AvgIpc) is 2.95. The summed E-state index contributed by atoms with van der Waals surface area (Å²) in [5, 5.41) is 0.775. The molecule has 1 aliphatic rings. The largest absolute Gasteiger partial charge is 0.465 e. The van der Waals surface area contributed by atoms with E-state index in [9.17, 15) is 18.0 Å². The van der Waals surface area contributed by atoms with Crippen molar-refractivity contribution >= 4 is 38.6 Å². The van der Waals surface area contributed by atoms with Crippen molar-refractivity contribution in [2.75, 3.05) is 23.7 Å². The number of aryl methyl sites for hydroxylation is 2. The van der Waals surface area contributed by atoms with Crippen LogP contribution in [0.5, 0.6) is 0 Å². The fourth-order valence-corrected chi connectivity index (χ4v) is 4.91. The SMILES string of the molecule is CCc1cn2c3c(cc(C(=O)OC)cc13)N(CC(=O)OC(C)(C)C)S(=O)(=O)CC2. The Morgan fingerprint density at radius 2 is 1.90 bits per heavy atom. The van der Waals surface area contributed by atoms with Gasteiger partial charge in [0.25, 0.3) is 0 Å². The van der Waals surface area contributed by atoms with Crippen LogP contribution in [0, 0.1) is 0 Å². The van der Waals surface area contributed by atoms with Crippen molar-refractivity contribution in [3.8, 4) is 0 Å². The number of hydrogen-bond acceptors (Lipinski definition) is 6. The van der Waals surface area contributed by atoms with Crippen LogP contribution in [-0.4, -0.2) is 49.9 Å². The molecule has 8 nitrogen and oxygen atoms in total. The van der Waals surface area contributed by atoms with E-state index in [2.05, 4.69) is 0 Å². The zero-order chi connectivity index (χ0) is 21.6. The van der Waals surface area contributed by atoms with Crippen LogP contribution in [0.3, 0.4) is 0 Å². The number of methoxy groups -OCH3 is 1. The van der Waals surface area contributed by atoms with Gasteiger partial charge in [-0.05, 0) is 44.9 Å². The summed E-state index contributed by atoms with van der Waals surface area (Å²) >= 11 is 0. The summed E-state index contributed by atoms with van der Waals surface area (Å²) in [5.41, 5.74) is 1.44. The molecule has 2 aromatic rings. The highest BCUT2D eigenvalue weighted by Crippen LogP contribution is 2.36. The normalized spacial score (nSPS) is 15.8. The van der Waals surface area contributed by atoms with E-state index in [1.807, 2.05) is 17.7 Å². The molecule has 1 aromatic heterocycles. The van der Waals surface area contributed by atoms with Crippen molar-refractivity contribution in [1.29, 1.82) is 0 Å². The molecule has 2 heterocycles. The monoisotopic (exact) mass is 422 g/mol. The molecule has 3 rings (SSSR count). The van der Waals surface area contributed by atoms with Gasteiger partial charge in [-0.2, -0.15) is 0 Å². The molecule has 0 atom stereocenters. The van der Waals surface area contributed by atoms with Crippen molar-refractivity contribution < 1.29 is 27.5 Å². The highest BCUT2D eigenvalue weighted by molar-refractivity contribution is 7.92. The first kappa shape index (κ1) is 21.2. The van der Waals surface area contributed by atoms with Crippen LogP contribution in [0.4, 0.5) is 5.69 Å². The van der Waals surface area contributed by atoms with Crippen molar-refractivity contribution in [3.05, 3.63) is 29.5 Å². The lowest BCUT2D eigenvalue weighted by Gasteiger charge is -2.26. The molecular formula is C20H26N2O6S. The minimum Gasteiger partial charge on any atom is -0.465 e. The van der Waals surface area contributed by atoms with Crippen LogP contribution in [-0.2, 0) is 37.3 Å². The molecule has 0 amide bonds. The third-order valence-electron chi connectivity index (χ3n) is 4.72. The summed E-state index contributed by atoms with van der Waals surface area (Å²) in [6.07, 6.45) is 2.62. The molecule has 0 bridgehead atoms. The van der Waals surface area contributed by atoms with E-state index >= 15 is 0 Å². The maximum atomic E-state index is 13.0. The van der Waals surface area contributed by atoms with Gasteiger partial charge in [-0.15, -0.1) is 0 Å². The zero-order valence-corrected chi connectivity index (χ0v) is 18.1. The molecule has 0 saturated heterocycles. The Hall–Kier alpha value is -2.55. The van der Waals surface area contributed by atoms with E-state index in [4.69, 9.17) is 9.47 Å². The lowest BCUT2D eigenvalue weighted by Crippen LogP contribution is -2.40. The minimum absolute atomic E-state index is 0.162. The highest BCUT2D eigenvalue weighted by atomic mass is 32.2. The van der Waals surface area contributed by atoms with E-state index in [0.717, 1.165) is 15.3 Å². The van der Waals surface area contributed by atoms with Gasteiger partial charge >= 0.3 is 11.9 Å². The predicted molar refractivity (Wildman–Crippen MR) is 110 cm³/mol. The van der Waals surface area contributed by atoms with Gasteiger partial charge in [0, 0.05) is 18.1 Å². The third kappa shape index (κ3) is 4.10. The van der Waals surface area contributed by atoms with Gasteiger partial charge in [-0.25, -0.2) is 13.2 Å². The number of sulfonamides is 1. The Morgan fingerprint density at radius 3 is 2.48 bits per heavy atom. The summed E-state index contributed by atoms with van der Waals surface area (Å²) in [6, 6.07) is 3.18. The Labute approximate surface area is 170 Å². The molecule has 0 saturated carbocycles. The van der Waals surface area contributed by atoms with Gasteiger partial charge in [0.05, 0.1) is 29.6 Å². The van der Waals surface area contributed by atoms with Crippen molar-refractivity contribution in [2.45, 2.75) is 46.3 Å². The first-order valence-electron chi connectivity index (χ1n) is 9.43. The molecule has 0 radical (unpaired) electrons. The number of hydrogen-bond donors (Lipinski definition) is 0. The van der Waals surface area contributed by atoms with E-state index in [1.54, 1.807) is 26.8 Å². The van der Waals surface area contributed by atoms with E-state index in [1.165, 1.54) is 13.2 Å². The summed E-state index contributed by atoms with van der Waals surface area (Å²) in [6.45, 7) is 6.94. The minimum atomic E-state index is -3.80. The average molecular weight is 423 g/mol. The number of aromatic nitrogens is 1. The third-order valence-corrected chi connectivity index (χ3v) is 6.42. The van der Waals surface area contributed by atoms with Crippen LogP contribution >= 0.6 is 0 Å². The first-order chi connectivity index (χ1) is 13.5. The Kier molecular flexibility index (Phi) is 5.38. The lowest BCUT2D eigenvalue weighted by atomic mass is 10.1. The fourth-order valence-electron chi connectivity index (χ4n) is 3.52. The second-order valence-electron chi connectivity index (χ2n) is 7.99. The topological polar surface area (TPSA) is 94.9 Å². The van der Waals surface area contributed by atoms with E-state index in [-0.39, 0.29) is 23.5 Å². The molecule has 158 valence electrons. The Morgan fingerprint density at radius 1 is 1.21 bits per heavy atom. The Bertz CT molecular complexity index is 1080. The second kappa shape index (κ2) is 7.37. The summed E-state index contributed by atoms with van der Waals surface area (Å²) in [5.74, 6) is -1.39. The van der Waals surface area contributed by atoms with Gasteiger partial charge in [-0.3, -0.25) is 9.10 Å². The van der Waals surface area contributed by atoms with Gasteiger partial charge in [0.15, 0.2) is 0 Å². The van der Waals surface area contributed by atoms with Crippen molar-refractivity contribution in [3.63, 3.8) is 0 Å². The number of carbonyl (C=O) groups excluding carboxylic acids is 2. The predicted octanol–water partition coefficient (Wildman–Crippen LogP) is 2.48. The number of nitrogens with zero attached hydrogens (tertiary/aromatic N) is 2. The molecule has 1 aliphatic heterocycles. The number of esters is 2. The number of benzene rings is 1. The lowest BCUT2D eigenvalue weighted by molar-refractivity contribution is -0.152. The van der Waals surface area contributed by atoms with Crippen LogP contribution in [0.15, 0.2) is 18.3 Å². The van der Waals surface area contributed by atoms with Gasteiger partial charge < -0.3 is 14.0 Å².